The van der Waals surface area contributed by atoms with E-state index in [2.05, 4.69) is 13.8 Å². The molecule has 1 atom stereocenters. The normalized spacial score (nSPS) is 12.4. The van der Waals surface area contributed by atoms with Crippen LogP contribution < -0.4 is 4.90 Å². The number of ether oxygens (including phenoxy) is 1. The highest BCUT2D eigenvalue weighted by molar-refractivity contribution is 5.74. The number of carboxylic acid groups (broad SMARTS) is 1. The van der Waals surface area contributed by atoms with Crippen LogP contribution in [-0.4, -0.2) is 37.4 Å². The molecule has 0 aliphatic rings. The Morgan fingerprint density at radius 1 is 1.33 bits per heavy atom. The highest BCUT2D eigenvalue weighted by Crippen LogP contribution is 2.20. The molecule has 0 aromatic heterocycles. The molecule has 0 heterocycles. The first-order valence-electron chi connectivity index (χ1n) is 6.08. The van der Waals surface area contributed by atoms with Gasteiger partial charge in [0.05, 0.1) is 12.6 Å². The second kappa shape index (κ2) is 7.01. The highest BCUT2D eigenvalue weighted by atomic mass is 16.5. The van der Waals surface area contributed by atoms with Gasteiger partial charge in [-0.15, -0.1) is 0 Å². The molecule has 0 amide bonds. The van der Waals surface area contributed by atoms with Crippen LogP contribution >= 0.6 is 0 Å². The van der Waals surface area contributed by atoms with Gasteiger partial charge in [0.15, 0.2) is 0 Å². The van der Waals surface area contributed by atoms with Crippen LogP contribution in [0.15, 0.2) is 30.3 Å². The maximum absolute atomic E-state index is 11.0. The highest BCUT2D eigenvalue weighted by Gasteiger charge is 2.24. The summed E-state index contributed by atoms with van der Waals surface area (Å²) in [5.74, 6) is -0.523. The Kier molecular flexibility index (Phi) is 5.65. The predicted octanol–water partition coefficient (Wildman–Crippen LogP) is 2.25. The van der Waals surface area contributed by atoms with Crippen LogP contribution in [-0.2, 0) is 9.53 Å². The van der Waals surface area contributed by atoms with E-state index in [0.29, 0.717) is 12.5 Å². The first-order chi connectivity index (χ1) is 8.56. The SMILES string of the molecule is COCC(C(C)C)N(CC(=O)O)c1ccccc1. The number of methoxy groups -OCH3 is 1. The van der Waals surface area contributed by atoms with Gasteiger partial charge in [0.25, 0.3) is 0 Å². The molecule has 1 aromatic carbocycles. The lowest BCUT2D eigenvalue weighted by Gasteiger charge is -2.34. The lowest BCUT2D eigenvalue weighted by Crippen LogP contribution is -2.45. The van der Waals surface area contributed by atoms with E-state index in [4.69, 9.17) is 9.84 Å². The Balaban J connectivity index is 2.99. The number of anilines is 1. The maximum Gasteiger partial charge on any atom is 0.323 e. The summed E-state index contributed by atoms with van der Waals surface area (Å²) in [5.41, 5.74) is 0.913. The van der Waals surface area contributed by atoms with E-state index in [0.717, 1.165) is 5.69 Å². The van der Waals surface area contributed by atoms with Crippen LogP contribution in [0.5, 0.6) is 0 Å². The molecule has 0 saturated heterocycles. The number of para-hydroxylation sites is 1. The second-order valence-electron chi connectivity index (χ2n) is 4.62. The van der Waals surface area contributed by atoms with E-state index in [-0.39, 0.29) is 12.6 Å². The van der Waals surface area contributed by atoms with Crippen molar-refractivity contribution in [3.63, 3.8) is 0 Å². The van der Waals surface area contributed by atoms with E-state index >= 15 is 0 Å². The molecule has 0 fully saturated rings. The molecule has 0 spiro atoms. The van der Waals surface area contributed by atoms with Crippen LogP contribution in [0.4, 0.5) is 5.69 Å². The van der Waals surface area contributed by atoms with Gasteiger partial charge in [-0.3, -0.25) is 4.79 Å². The van der Waals surface area contributed by atoms with Crippen molar-refractivity contribution < 1.29 is 14.6 Å². The fourth-order valence-electron chi connectivity index (χ4n) is 1.98. The Morgan fingerprint density at radius 3 is 2.39 bits per heavy atom. The zero-order chi connectivity index (χ0) is 13.5. The van der Waals surface area contributed by atoms with Gasteiger partial charge in [0.1, 0.15) is 6.54 Å². The third kappa shape index (κ3) is 4.04. The summed E-state index contributed by atoms with van der Waals surface area (Å²) in [4.78, 5) is 12.9. The lowest BCUT2D eigenvalue weighted by atomic mass is 10.0. The van der Waals surface area contributed by atoms with E-state index < -0.39 is 5.97 Å². The molecule has 0 aliphatic heterocycles. The molecular weight excluding hydrogens is 230 g/mol. The molecule has 0 saturated carbocycles. The molecule has 4 nitrogen and oxygen atoms in total. The van der Waals surface area contributed by atoms with Gasteiger partial charge in [-0.25, -0.2) is 0 Å². The summed E-state index contributed by atoms with van der Waals surface area (Å²) in [6.45, 7) is 4.64. The molecule has 1 rings (SSSR count). The fourth-order valence-corrected chi connectivity index (χ4v) is 1.98. The standard InChI is InChI=1S/C14H21NO3/c1-11(2)13(10-18-3)15(9-14(16)17)12-7-5-4-6-8-12/h4-8,11,13H,9-10H2,1-3H3,(H,16,17). The smallest absolute Gasteiger partial charge is 0.323 e. The number of rotatable bonds is 7. The van der Waals surface area contributed by atoms with E-state index in [1.165, 1.54) is 0 Å². The first-order valence-corrected chi connectivity index (χ1v) is 6.08. The van der Waals surface area contributed by atoms with Gasteiger partial charge in [0, 0.05) is 12.8 Å². The molecule has 0 bridgehead atoms. The minimum Gasteiger partial charge on any atom is -0.480 e. The van der Waals surface area contributed by atoms with Crippen molar-refractivity contribution in [2.75, 3.05) is 25.2 Å². The summed E-state index contributed by atoms with van der Waals surface area (Å²) in [7, 11) is 1.64. The number of aliphatic carboxylic acids is 1. The molecule has 4 heteroatoms. The van der Waals surface area contributed by atoms with Gasteiger partial charge in [-0.2, -0.15) is 0 Å². The monoisotopic (exact) mass is 251 g/mol. The summed E-state index contributed by atoms with van der Waals surface area (Å²) in [6, 6.07) is 9.64. The van der Waals surface area contributed by atoms with Gasteiger partial charge in [-0.1, -0.05) is 32.0 Å². The molecule has 18 heavy (non-hydrogen) atoms. The number of nitrogens with zero attached hydrogens (tertiary/aromatic N) is 1. The molecule has 1 unspecified atom stereocenters. The summed E-state index contributed by atoms with van der Waals surface area (Å²) in [6.07, 6.45) is 0. The van der Waals surface area contributed by atoms with Crippen molar-refractivity contribution >= 4 is 11.7 Å². The molecule has 0 aliphatic carbocycles. The van der Waals surface area contributed by atoms with Crippen LogP contribution in [0.1, 0.15) is 13.8 Å². The average molecular weight is 251 g/mol. The van der Waals surface area contributed by atoms with Crippen LogP contribution in [0.2, 0.25) is 0 Å². The Bertz CT molecular complexity index is 365. The Hall–Kier alpha value is -1.55. The topological polar surface area (TPSA) is 49.8 Å². The molecule has 1 N–H and O–H groups in total. The van der Waals surface area contributed by atoms with Crippen molar-refractivity contribution in [3.05, 3.63) is 30.3 Å². The minimum atomic E-state index is -0.833. The van der Waals surface area contributed by atoms with Crippen molar-refractivity contribution in [1.82, 2.24) is 0 Å². The maximum atomic E-state index is 11.0. The van der Waals surface area contributed by atoms with Gasteiger partial charge >= 0.3 is 5.97 Å². The van der Waals surface area contributed by atoms with Crippen molar-refractivity contribution in [1.29, 1.82) is 0 Å². The van der Waals surface area contributed by atoms with Crippen molar-refractivity contribution in [2.24, 2.45) is 5.92 Å². The summed E-state index contributed by atoms with van der Waals surface area (Å²) >= 11 is 0. The summed E-state index contributed by atoms with van der Waals surface area (Å²) < 4.78 is 5.21. The number of carbonyl (C=O) groups is 1. The van der Waals surface area contributed by atoms with Crippen molar-refractivity contribution in [2.45, 2.75) is 19.9 Å². The Labute approximate surface area is 108 Å². The number of benzene rings is 1. The van der Waals surface area contributed by atoms with Gasteiger partial charge < -0.3 is 14.7 Å². The van der Waals surface area contributed by atoms with Gasteiger partial charge in [0.2, 0.25) is 0 Å². The first kappa shape index (κ1) is 14.5. The van der Waals surface area contributed by atoms with E-state index in [1.807, 2.05) is 35.2 Å². The predicted molar refractivity (Wildman–Crippen MR) is 71.9 cm³/mol. The van der Waals surface area contributed by atoms with E-state index in [1.54, 1.807) is 7.11 Å². The molecule has 100 valence electrons. The zero-order valence-corrected chi connectivity index (χ0v) is 11.2. The molecule has 0 radical (unpaired) electrons. The average Bonchev–Trinajstić information content (AvgIpc) is 2.34. The second-order valence-corrected chi connectivity index (χ2v) is 4.62. The van der Waals surface area contributed by atoms with E-state index in [9.17, 15) is 4.79 Å². The minimum absolute atomic E-state index is 0.0176. The molecular formula is C14H21NO3. The van der Waals surface area contributed by atoms with Crippen LogP contribution in [0.3, 0.4) is 0 Å². The van der Waals surface area contributed by atoms with Gasteiger partial charge in [-0.05, 0) is 18.1 Å². The number of hydrogen-bond donors (Lipinski definition) is 1. The summed E-state index contributed by atoms with van der Waals surface area (Å²) in [5, 5.41) is 9.06. The lowest BCUT2D eigenvalue weighted by molar-refractivity contribution is -0.135. The van der Waals surface area contributed by atoms with Crippen LogP contribution in [0, 0.1) is 5.92 Å². The number of carboxylic acids is 1. The third-order valence-electron chi connectivity index (χ3n) is 2.90. The molecule has 1 aromatic rings. The Morgan fingerprint density at radius 2 is 1.94 bits per heavy atom. The largest absolute Gasteiger partial charge is 0.480 e. The zero-order valence-electron chi connectivity index (χ0n) is 11.2. The quantitative estimate of drug-likeness (QED) is 0.807. The van der Waals surface area contributed by atoms with Crippen LogP contribution in [0.25, 0.3) is 0 Å². The number of hydrogen-bond acceptors (Lipinski definition) is 3. The van der Waals surface area contributed by atoms with Crippen molar-refractivity contribution in [3.8, 4) is 0 Å². The third-order valence-corrected chi connectivity index (χ3v) is 2.90. The fraction of sp³-hybridized carbons (Fsp3) is 0.500.